The van der Waals surface area contributed by atoms with E-state index in [4.69, 9.17) is 0 Å². The molecule has 162 valence electrons. The molecule has 0 spiro atoms. The Morgan fingerprint density at radius 1 is 1.06 bits per heavy atom. The minimum Gasteiger partial charge on any atom is -0.343 e. The average Bonchev–Trinajstić information content (AvgIpc) is 3.39. The predicted molar refractivity (Wildman–Crippen MR) is 129 cm³/mol. The van der Waals surface area contributed by atoms with E-state index in [9.17, 15) is 4.79 Å². The van der Waals surface area contributed by atoms with E-state index in [1.165, 1.54) is 22.3 Å². The molecule has 0 radical (unpaired) electrons. The minimum absolute atomic E-state index is 0.0205. The first-order valence-electron chi connectivity index (χ1n) is 11.1. The van der Waals surface area contributed by atoms with Gasteiger partial charge in [-0.05, 0) is 66.6 Å². The number of hydrogen-bond donors (Lipinski definition) is 1. The topological polar surface area (TPSA) is 58.1 Å². The van der Waals surface area contributed by atoms with Crippen molar-refractivity contribution in [3.8, 4) is 0 Å². The van der Waals surface area contributed by atoms with Gasteiger partial charge < -0.3 is 5.32 Å². The van der Waals surface area contributed by atoms with E-state index in [-0.39, 0.29) is 11.9 Å². The summed E-state index contributed by atoms with van der Waals surface area (Å²) in [7, 11) is 0. The summed E-state index contributed by atoms with van der Waals surface area (Å²) in [6, 6.07) is 20.1. The van der Waals surface area contributed by atoms with Crippen molar-refractivity contribution in [2.45, 2.75) is 25.4 Å². The van der Waals surface area contributed by atoms with Gasteiger partial charge in [0.15, 0.2) is 0 Å². The second kappa shape index (κ2) is 9.59. The van der Waals surface area contributed by atoms with Gasteiger partial charge in [0.2, 0.25) is 0 Å². The number of carbonyl (C=O) groups is 1. The van der Waals surface area contributed by atoms with Crippen LogP contribution in [0.15, 0.2) is 78.4 Å². The number of thiophene rings is 1. The van der Waals surface area contributed by atoms with Crippen LogP contribution < -0.4 is 5.32 Å². The second-order valence-electron chi connectivity index (χ2n) is 8.31. The summed E-state index contributed by atoms with van der Waals surface area (Å²) in [6.07, 6.45) is 5.82. The molecule has 3 aromatic heterocycles. The standard InChI is InChI=1S/C26H26N4OS/c31-26(24-12-6-16-32-24)29-25(23-10-1-2-13-28-23)20-8-5-15-30(18-20)17-19-7-3-11-22-21(19)9-4-14-27-22/h1-4,6-7,9-14,16,20,25H,5,8,15,17-18H2,(H,29,31). The number of aromatic nitrogens is 2. The number of pyridine rings is 2. The Labute approximate surface area is 192 Å². The van der Waals surface area contributed by atoms with E-state index in [2.05, 4.69) is 44.5 Å². The SMILES string of the molecule is O=C(NC(c1ccccn1)C1CCCN(Cc2cccc3ncccc23)C1)c1cccs1. The third kappa shape index (κ3) is 4.56. The lowest BCUT2D eigenvalue weighted by atomic mass is 9.88. The molecule has 1 amide bonds. The van der Waals surface area contributed by atoms with Gasteiger partial charge in [0.25, 0.3) is 5.91 Å². The van der Waals surface area contributed by atoms with E-state index in [1.54, 1.807) is 0 Å². The molecule has 0 saturated carbocycles. The van der Waals surface area contributed by atoms with Gasteiger partial charge in [-0.15, -0.1) is 11.3 Å². The molecule has 32 heavy (non-hydrogen) atoms. The first kappa shape index (κ1) is 20.8. The van der Waals surface area contributed by atoms with Gasteiger partial charge in [0.1, 0.15) is 0 Å². The zero-order chi connectivity index (χ0) is 21.8. The molecule has 5 nitrogen and oxygen atoms in total. The van der Waals surface area contributed by atoms with Crippen molar-refractivity contribution in [2.24, 2.45) is 5.92 Å². The number of likely N-dealkylation sites (tertiary alicyclic amines) is 1. The molecule has 0 aliphatic carbocycles. The van der Waals surface area contributed by atoms with E-state index < -0.39 is 0 Å². The third-order valence-electron chi connectivity index (χ3n) is 6.18. The normalized spacial score (nSPS) is 17.8. The van der Waals surface area contributed by atoms with Crippen molar-refractivity contribution >= 4 is 28.1 Å². The summed E-state index contributed by atoms with van der Waals surface area (Å²) >= 11 is 1.47. The quantitative estimate of drug-likeness (QED) is 0.453. The smallest absolute Gasteiger partial charge is 0.261 e. The van der Waals surface area contributed by atoms with Gasteiger partial charge in [-0.3, -0.25) is 19.7 Å². The molecule has 1 aliphatic heterocycles. The van der Waals surface area contributed by atoms with Crippen LogP contribution in [0, 0.1) is 5.92 Å². The highest BCUT2D eigenvalue weighted by Gasteiger charge is 2.31. The Morgan fingerprint density at radius 2 is 2.00 bits per heavy atom. The van der Waals surface area contributed by atoms with Crippen LogP contribution in [0.2, 0.25) is 0 Å². The van der Waals surface area contributed by atoms with Gasteiger partial charge in [0, 0.05) is 30.9 Å². The van der Waals surface area contributed by atoms with Crippen LogP contribution in [0.5, 0.6) is 0 Å². The van der Waals surface area contributed by atoms with Crippen LogP contribution >= 0.6 is 11.3 Å². The summed E-state index contributed by atoms with van der Waals surface area (Å²) < 4.78 is 0. The molecular weight excluding hydrogens is 416 g/mol. The fourth-order valence-electron chi connectivity index (χ4n) is 4.67. The van der Waals surface area contributed by atoms with Crippen LogP contribution in [0.25, 0.3) is 10.9 Å². The number of carbonyl (C=O) groups excluding carboxylic acids is 1. The number of benzene rings is 1. The number of hydrogen-bond acceptors (Lipinski definition) is 5. The van der Waals surface area contributed by atoms with Crippen molar-refractivity contribution in [3.05, 3.63) is 94.6 Å². The van der Waals surface area contributed by atoms with Crippen LogP contribution in [-0.4, -0.2) is 33.9 Å². The molecule has 1 N–H and O–H groups in total. The van der Waals surface area contributed by atoms with Crippen molar-refractivity contribution in [1.82, 2.24) is 20.2 Å². The molecule has 1 saturated heterocycles. The summed E-state index contributed by atoms with van der Waals surface area (Å²) in [5, 5.41) is 6.44. The largest absolute Gasteiger partial charge is 0.343 e. The van der Waals surface area contributed by atoms with Gasteiger partial charge in [0.05, 0.1) is 22.1 Å². The van der Waals surface area contributed by atoms with Crippen molar-refractivity contribution in [3.63, 3.8) is 0 Å². The number of piperidine rings is 1. The predicted octanol–water partition coefficient (Wildman–Crippen LogP) is 5.07. The zero-order valence-corrected chi connectivity index (χ0v) is 18.7. The molecule has 1 aromatic carbocycles. The van der Waals surface area contributed by atoms with Crippen LogP contribution in [-0.2, 0) is 6.54 Å². The number of amides is 1. The van der Waals surface area contributed by atoms with Crippen LogP contribution in [0.3, 0.4) is 0 Å². The highest BCUT2D eigenvalue weighted by Crippen LogP contribution is 2.31. The lowest BCUT2D eigenvalue weighted by molar-refractivity contribution is 0.0879. The van der Waals surface area contributed by atoms with Crippen molar-refractivity contribution in [2.75, 3.05) is 13.1 Å². The minimum atomic E-state index is -0.109. The number of nitrogens with one attached hydrogen (secondary N) is 1. The maximum absolute atomic E-state index is 12.9. The Hall–Kier alpha value is -3.09. The van der Waals surface area contributed by atoms with Crippen molar-refractivity contribution < 1.29 is 4.79 Å². The van der Waals surface area contributed by atoms with E-state index in [0.29, 0.717) is 5.92 Å². The molecule has 4 aromatic rings. The van der Waals surface area contributed by atoms with Gasteiger partial charge in [-0.25, -0.2) is 0 Å². The van der Waals surface area contributed by atoms with E-state index >= 15 is 0 Å². The molecule has 4 heterocycles. The Morgan fingerprint density at radius 3 is 2.84 bits per heavy atom. The van der Waals surface area contributed by atoms with Gasteiger partial charge in [-0.1, -0.05) is 30.3 Å². The first-order valence-corrected chi connectivity index (χ1v) is 12.0. The molecule has 6 heteroatoms. The summed E-state index contributed by atoms with van der Waals surface area (Å²) in [6.45, 7) is 2.86. The van der Waals surface area contributed by atoms with E-state index in [1.807, 2.05) is 54.2 Å². The zero-order valence-electron chi connectivity index (χ0n) is 17.9. The van der Waals surface area contributed by atoms with Crippen molar-refractivity contribution in [1.29, 1.82) is 0 Å². The maximum atomic E-state index is 12.9. The van der Waals surface area contributed by atoms with Gasteiger partial charge >= 0.3 is 0 Å². The Kier molecular flexibility index (Phi) is 6.23. The summed E-state index contributed by atoms with van der Waals surface area (Å²) in [4.78, 5) is 25.2. The lowest BCUT2D eigenvalue weighted by Gasteiger charge is -2.37. The molecule has 1 fully saturated rings. The second-order valence-corrected chi connectivity index (χ2v) is 9.26. The highest BCUT2D eigenvalue weighted by atomic mass is 32.1. The molecule has 5 rings (SSSR count). The van der Waals surface area contributed by atoms with Crippen LogP contribution in [0.1, 0.15) is 39.8 Å². The van der Waals surface area contributed by atoms with Gasteiger partial charge in [-0.2, -0.15) is 0 Å². The molecule has 2 atom stereocenters. The fraction of sp³-hybridized carbons (Fsp3) is 0.269. The third-order valence-corrected chi connectivity index (χ3v) is 7.05. The van der Waals surface area contributed by atoms with E-state index in [0.717, 1.165) is 48.6 Å². The molecule has 1 aliphatic rings. The number of fused-ring (bicyclic) bond motifs is 1. The fourth-order valence-corrected chi connectivity index (χ4v) is 5.29. The first-order chi connectivity index (χ1) is 15.8. The Balaban J connectivity index is 1.36. The highest BCUT2D eigenvalue weighted by molar-refractivity contribution is 7.12. The maximum Gasteiger partial charge on any atom is 0.261 e. The average molecular weight is 443 g/mol. The molecular formula is C26H26N4OS. The Bertz CT molecular complexity index is 1170. The number of rotatable bonds is 6. The molecule has 2 unspecified atom stereocenters. The summed E-state index contributed by atoms with van der Waals surface area (Å²) in [5.74, 6) is 0.281. The van der Waals surface area contributed by atoms with Crippen LogP contribution in [0.4, 0.5) is 0 Å². The molecule has 0 bridgehead atoms. The summed E-state index contributed by atoms with van der Waals surface area (Å²) in [5.41, 5.74) is 3.26. The number of nitrogens with zero attached hydrogens (tertiary/aromatic N) is 3. The monoisotopic (exact) mass is 442 g/mol. The lowest BCUT2D eigenvalue weighted by Crippen LogP contribution is -2.43.